The number of pyridine rings is 2. The molecule has 0 saturated heterocycles. The minimum Gasteiger partial charge on any atom is -0.507 e. The molecule has 2 aliphatic rings. The van der Waals surface area contributed by atoms with Crippen molar-refractivity contribution in [1.82, 2.24) is 9.97 Å². The minimum absolute atomic E-state index is 0. The number of hydrogen-bond donors (Lipinski definition) is 6. The number of rotatable bonds is 14. The normalized spacial score (nSPS) is 18.0. The number of aryl methyl sites for hydroxylation is 2. The first kappa shape index (κ1) is 52.7. The van der Waals surface area contributed by atoms with Crippen LogP contribution in [0, 0.1) is 11.8 Å². The second kappa shape index (κ2) is 25.6. The Hall–Kier alpha value is -4.64. The lowest BCUT2D eigenvalue weighted by molar-refractivity contribution is 0.404. The summed E-state index contributed by atoms with van der Waals surface area (Å²) in [5, 5.41) is 61.0. The quantitative estimate of drug-likeness (QED) is 0.0416. The van der Waals surface area contributed by atoms with Crippen LogP contribution in [0.25, 0.3) is 11.1 Å². The highest BCUT2D eigenvalue weighted by atomic mass is 79.9. The van der Waals surface area contributed by atoms with Crippen LogP contribution in [0.2, 0.25) is 0 Å². The van der Waals surface area contributed by atoms with E-state index in [1.807, 2.05) is 38.1 Å². The van der Waals surface area contributed by atoms with E-state index in [0.717, 1.165) is 115 Å². The van der Waals surface area contributed by atoms with E-state index in [0.29, 0.717) is 16.6 Å². The lowest BCUT2D eigenvalue weighted by Gasteiger charge is -2.32. The highest BCUT2D eigenvalue weighted by molar-refractivity contribution is 9.10. The number of hydrogen-bond acceptors (Lipinski definition) is 8. The largest absolute Gasteiger partial charge is 0.507 e. The molecule has 0 fully saturated rings. The molecule has 0 saturated carbocycles. The summed E-state index contributed by atoms with van der Waals surface area (Å²) in [5.41, 5.74) is 10.1. The molecule has 340 valence electrons. The van der Waals surface area contributed by atoms with Gasteiger partial charge >= 0.3 is 7.12 Å². The van der Waals surface area contributed by atoms with E-state index in [-0.39, 0.29) is 54.1 Å². The zero-order valence-electron chi connectivity index (χ0n) is 37.7. The van der Waals surface area contributed by atoms with Crippen molar-refractivity contribution in [3.8, 4) is 34.1 Å². The zero-order chi connectivity index (χ0) is 45.5. The van der Waals surface area contributed by atoms with E-state index in [2.05, 4.69) is 78.9 Å². The number of aromatic hydroxyl groups is 4. The van der Waals surface area contributed by atoms with Crippen LogP contribution in [0.15, 0.2) is 113 Å². The standard InChI is InChI=1S/C26H33NO2.C21H29BrO2.C5H6BNO2.CH4/c1-5-6-7-9-19-15-23(28)25(22-14-18(4)11-12-21(22)17(2)3)26(29)24(19)20-10-8-13-27-16-20;1-5-6-7-8-15-12-18(23)19(21(24)20(15)22)17-11-14(4)9-10-16(17)13(2)3;8-6(9)5-2-1-3-7-4-5;/h8,10,13-16,21-22,28-29H,2,5-7,9,11-12H2,1,3-4H3;11-12,16-17,23-24H,2,5-10H2,1,3-4H3;1-4,8-9H;1H4/t21-,22+;16-,17+;;/m00../s1. The summed E-state index contributed by atoms with van der Waals surface area (Å²) in [5.74, 6) is 1.13. The average Bonchev–Trinajstić information content (AvgIpc) is 3.24. The van der Waals surface area contributed by atoms with Crippen LogP contribution < -0.4 is 5.46 Å². The molecule has 6 rings (SSSR count). The summed E-state index contributed by atoms with van der Waals surface area (Å²) in [6.45, 7) is 21.0. The molecule has 63 heavy (non-hydrogen) atoms. The van der Waals surface area contributed by atoms with Gasteiger partial charge in [-0.3, -0.25) is 9.97 Å². The number of halogens is 1. The molecule has 8 nitrogen and oxygen atoms in total. The van der Waals surface area contributed by atoms with Crippen LogP contribution in [-0.4, -0.2) is 47.6 Å². The van der Waals surface area contributed by atoms with Crippen LogP contribution in [-0.2, 0) is 12.8 Å². The molecule has 0 radical (unpaired) electrons. The molecule has 0 bridgehead atoms. The van der Waals surface area contributed by atoms with Crippen LogP contribution in [0.3, 0.4) is 0 Å². The third kappa shape index (κ3) is 14.2. The van der Waals surface area contributed by atoms with Crippen molar-refractivity contribution in [2.24, 2.45) is 11.8 Å². The second-order valence-corrected chi connectivity index (χ2v) is 18.0. The summed E-state index contributed by atoms with van der Waals surface area (Å²) < 4.78 is 0.725. The third-order valence-electron chi connectivity index (χ3n) is 12.2. The minimum atomic E-state index is -1.40. The summed E-state index contributed by atoms with van der Waals surface area (Å²) in [4.78, 5) is 7.95. The molecule has 2 aromatic heterocycles. The van der Waals surface area contributed by atoms with Gasteiger partial charge in [0.05, 0.1) is 4.47 Å². The van der Waals surface area contributed by atoms with Crippen LogP contribution in [0.1, 0.15) is 147 Å². The maximum Gasteiger partial charge on any atom is 0.490 e. The Morgan fingerprint density at radius 2 is 1.19 bits per heavy atom. The van der Waals surface area contributed by atoms with Gasteiger partial charge in [0.2, 0.25) is 0 Å². The molecule has 10 heteroatoms. The van der Waals surface area contributed by atoms with Gasteiger partial charge in [-0.05, 0) is 142 Å². The SMILES string of the molecule is C.C=C(C)[C@@H]1CCC(C)=C[C@H]1c1c(O)cc(CCCCC)c(-c2cccnc2)c1O.C=C(C)[C@@H]1CCC(C)=C[C@H]1c1c(O)cc(CCCCC)c(Br)c1O.OB(O)c1cccnc1. The molecule has 2 heterocycles. The molecular weight excluding hydrogens is 851 g/mol. The van der Waals surface area contributed by atoms with Crippen molar-refractivity contribution < 1.29 is 30.5 Å². The molecule has 0 unspecified atom stereocenters. The van der Waals surface area contributed by atoms with Gasteiger partial charge in [-0.1, -0.05) is 107 Å². The van der Waals surface area contributed by atoms with Crippen molar-refractivity contribution >= 4 is 28.5 Å². The molecule has 6 N–H and O–H groups in total. The van der Waals surface area contributed by atoms with Gasteiger partial charge in [-0.2, -0.15) is 0 Å². The smallest absolute Gasteiger partial charge is 0.490 e. The summed E-state index contributed by atoms with van der Waals surface area (Å²) in [7, 11) is -1.40. The number of nitrogens with zero attached hydrogens (tertiary/aromatic N) is 2. The van der Waals surface area contributed by atoms with Crippen molar-refractivity contribution in [1.29, 1.82) is 0 Å². The van der Waals surface area contributed by atoms with Crippen LogP contribution in [0.5, 0.6) is 23.0 Å². The predicted octanol–water partition coefficient (Wildman–Crippen LogP) is 12.9. The Balaban J connectivity index is 0.000000279. The lowest BCUT2D eigenvalue weighted by atomic mass is 9.73. The molecular formula is C53H72BBrN2O6. The average molecular weight is 924 g/mol. The summed E-state index contributed by atoms with van der Waals surface area (Å²) in [6, 6.07) is 10.8. The molecule has 0 aliphatic heterocycles. The van der Waals surface area contributed by atoms with E-state index in [4.69, 9.17) is 10.0 Å². The second-order valence-electron chi connectivity index (χ2n) is 17.2. The van der Waals surface area contributed by atoms with Crippen molar-refractivity contribution in [2.75, 3.05) is 0 Å². The Morgan fingerprint density at radius 3 is 1.62 bits per heavy atom. The predicted molar refractivity (Wildman–Crippen MR) is 266 cm³/mol. The van der Waals surface area contributed by atoms with Gasteiger partial charge in [0.1, 0.15) is 23.0 Å². The van der Waals surface area contributed by atoms with Gasteiger partial charge in [0.25, 0.3) is 0 Å². The molecule has 2 aliphatic carbocycles. The van der Waals surface area contributed by atoms with Gasteiger partial charge in [-0.15, -0.1) is 0 Å². The Morgan fingerprint density at radius 1 is 0.714 bits per heavy atom. The topological polar surface area (TPSA) is 147 Å². The van der Waals surface area contributed by atoms with Crippen LogP contribution >= 0.6 is 15.9 Å². The monoisotopic (exact) mass is 922 g/mol. The van der Waals surface area contributed by atoms with Gasteiger partial charge in [0, 0.05) is 64.3 Å². The van der Waals surface area contributed by atoms with Crippen molar-refractivity contribution in [2.45, 2.75) is 138 Å². The molecule has 2 aromatic carbocycles. The highest BCUT2D eigenvalue weighted by Crippen LogP contribution is 2.51. The number of unbranched alkanes of at least 4 members (excludes halogenated alkanes) is 4. The number of aromatic nitrogens is 2. The molecule has 0 amide bonds. The van der Waals surface area contributed by atoms with Crippen molar-refractivity contribution in [3.63, 3.8) is 0 Å². The molecule has 0 spiro atoms. The van der Waals surface area contributed by atoms with Gasteiger partial charge in [0.15, 0.2) is 0 Å². The van der Waals surface area contributed by atoms with E-state index >= 15 is 0 Å². The van der Waals surface area contributed by atoms with Gasteiger partial charge in [-0.25, -0.2) is 0 Å². The highest BCUT2D eigenvalue weighted by Gasteiger charge is 2.33. The van der Waals surface area contributed by atoms with Gasteiger partial charge < -0.3 is 30.5 Å². The maximum absolute atomic E-state index is 11.5. The lowest BCUT2D eigenvalue weighted by Crippen LogP contribution is -2.29. The van der Waals surface area contributed by atoms with E-state index < -0.39 is 7.12 Å². The Bertz CT molecular complexity index is 2170. The van der Waals surface area contributed by atoms with E-state index in [1.165, 1.54) is 17.3 Å². The number of phenolic OH excluding ortho intramolecular Hbond substituents is 4. The fourth-order valence-corrected chi connectivity index (χ4v) is 9.29. The molecule has 4 atom stereocenters. The van der Waals surface area contributed by atoms with E-state index in [1.54, 1.807) is 30.7 Å². The number of allylic oxidation sites excluding steroid dienone is 6. The first-order valence-electron chi connectivity index (χ1n) is 22.2. The Labute approximate surface area is 386 Å². The fourth-order valence-electron chi connectivity index (χ4n) is 8.76. The fraction of sp³-hybridized carbons (Fsp3) is 0.434. The van der Waals surface area contributed by atoms with Crippen LogP contribution in [0.4, 0.5) is 0 Å². The maximum atomic E-state index is 11.5. The molecule has 4 aromatic rings. The van der Waals surface area contributed by atoms with Crippen molar-refractivity contribution in [3.05, 3.63) is 136 Å². The third-order valence-corrected chi connectivity index (χ3v) is 13.1. The summed E-state index contributed by atoms with van der Waals surface area (Å²) >= 11 is 3.55. The first-order valence-corrected chi connectivity index (χ1v) is 23.0. The number of phenols is 4. The number of benzene rings is 2. The first-order chi connectivity index (χ1) is 29.6. The van der Waals surface area contributed by atoms with E-state index in [9.17, 15) is 20.4 Å². The summed E-state index contributed by atoms with van der Waals surface area (Å²) in [6.07, 6.45) is 23.3. The Kier molecular flexibility index (Phi) is 21.4. The zero-order valence-corrected chi connectivity index (χ0v) is 39.3.